The number of H-pyrrole nitrogens is 1. The Morgan fingerprint density at radius 1 is 1.48 bits per heavy atom. The molecule has 0 radical (unpaired) electrons. The van der Waals surface area contributed by atoms with E-state index in [1.807, 2.05) is 6.07 Å². The van der Waals surface area contributed by atoms with Crippen molar-refractivity contribution in [3.63, 3.8) is 0 Å². The molecular formula is C13H16Cl2N4O2. The zero-order valence-electron chi connectivity index (χ0n) is 11.1. The minimum atomic E-state index is -0.480. The van der Waals surface area contributed by atoms with Crippen molar-refractivity contribution in [3.05, 3.63) is 35.0 Å². The second-order valence-electron chi connectivity index (χ2n) is 4.19. The number of rotatable bonds is 4. The smallest absolute Gasteiger partial charge is 0.296 e. The van der Waals surface area contributed by atoms with Crippen molar-refractivity contribution in [2.24, 2.45) is 10.7 Å². The third kappa shape index (κ3) is 4.35. The second-order valence-corrected chi connectivity index (χ2v) is 4.60. The van der Waals surface area contributed by atoms with Gasteiger partial charge in [-0.05, 0) is 24.6 Å². The minimum Gasteiger partial charge on any atom is -0.396 e. The van der Waals surface area contributed by atoms with Crippen molar-refractivity contribution in [1.29, 1.82) is 0 Å². The van der Waals surface area contributed by atoms with Gasteiger partial charge in [0.15, 0.2) is 5.96 Å². The molecule has 2 aromatic rings. The SMILES string of the molecule is Cl.NC(=NC(=O)c1cc2c(Cl)cccc2[nH]1)NCCCO. The molecule has 1 aromatic carbocycles. The average Bonchev–Trinajstić information content (AvgIpc) is 2.84. The monoisotopic (exact) mass is 330 g/mol. The van der Waals surface area contributed by atoms with E-state index in [-0.39, 0.29) is 25.0 Å². The molecule has 0 unspecified atom stereocenters. The molecule has 2 rings (SSSR count). The Kier molecular flexibility index (Phi) is 6.48. The summed E-state index contributed by atoms with van der Waals surface area (Å²) < 4.78 is 0. The van der Waals surface area contributed by atoms with Crippen LogP contribution in [0.25, 0.3) is 10.9 Å². The number of nitrogens with one attached hydrogen (secondary N) is 2. The van der Waals surface area contributed by atoms with Crippen LogP contribution in [0.3, 0.4) is 0 Å². The first-order valence-electron chi connectivity index (χ1n) is 6.12. The molecule has 0 aliphatic rings. The van der Waals surface area contributed by atoms with Crippen LogP contribution in [0, 0.1) is 0 Å². The Labute approximate surface area is 132 Å². The molecule has 0 aliphatic carbocycles. The molecule has 0 saturated carbocycles. The molecule has 1 amide bonds. The Bertz CT molecular complexity index is 655. The number of hydrogen-bond donors (Lipinski definition) is 4. The molecule has 21 heavy (non-hydrogen) atoms. The largest absolute Gasteiger partial charge is 0.396 e. The molecule has 1 heterocycles. The van der Waals surface area contributed by atoms with E-state index >= 15 is 0 Å². The lowest BCUT2D eigenvalue weighted by Gasteiger charge is -2.02. The zero-order chi connectivity index (χ0) is 14.5. The first-order valence-corrected chi connectivity index (χ1v) is 6.50. The molecule has 1 aromatic heterocycles. The van der Waals surface area contributed by atoms with E-state index in [9.17, 15) is 4.79 Å². The van der Waals surface area contributed by atoms with Gasteiger partial charge in [0.1, 0.15) is 5.69 Å². The van der Waals surface area contributed by atoms with Crippen LogP contribution in [0.1, 0.15) is 16.9 Å². The van der Waals surface area contributed by atoms with Crippen molar-refractivity contribution < 1.29 is 9.90 Å². The number of amides is 1. The number of carbonyl (C=O) groups excluding carboxylic acids is 1. The summed E-state index contributed by atoms with van der Waals surface area (Å²) in [7, 11) is 0. The topological polar surface area (TPSA) is 104 Å². The highest BCUT2D eigenvalue weighted by Gasteiger charge is 2.10. The summed E-state index contributed by atoms with van der Waals surface area (Å²) in [4.78, 5) is 18.6. The summed E-state index contributed by atoms with van der Waals surface area (Å²) in [5.74, 6) is -0.459. The fraction of sp³-hybridized carbons (Fsp3) is 0.231. The molecule has 0 fully saturated rings. The number of aromatic nitrogens is 1. The Hall–Kier alpha value is -1.76. The van der Waals surface area contributed by atoms with Crippen LogP contribution in [0.2, 0.25) is 5.02 Å². The third-order valence-corrected chi connectivity index (χ3v) is 3.03. The summed E-state index contributed by atoms with van der Waals surface area (Å²) in [5.41, 5.74) is 6.66. The number of benzene rings is 1. The van der Waals surface area contributed by atoms with Gasteiger partial charge in [-0.15, -0.1) is 12.4 Å². The van der Waals surface area contributed by atoms with E-state index in [0.717, 1.165) is 10.9 Å². The van der Waals surface area contributed by atoms with Crippen LogP contribution >= 0.6 is 24.0 Å². The first-order chi connectivity index (χ1) is 9.61. The number of fused-ring (bicyclic) bond motifs is 1. The third-order valence-electron chi connectivity index (χ3n) is 2.70. The van der Waals surface area contributed by atoms with Gasteiger partial charge in [0.25, 0.3) is 5.91 Å². The normalized spacial score (nSPS) is 11.2. The lowest BCUT2D eigenvalue weighted by Crippen LogP contribution is -2.33. The number of aliphatic imine (C=N–C) groups is 1. The number of nitrogens with two attached hydrogens (primary N) is 1. The van der Waals surface area contributed by atoms with E-state index in [2.05, 4.69) is 15.3 Å². The van der Waals surface area contributed by atoms with Crippen LogP contribution < -0.4 is 11.1 Å². The maximum Gasteiger partial charge on any atom is 0.296 e. The van der Waals surface area contributed by atoms with Crippen molar-refractivity contribution in [2.45, 2.75) is 6.42 Å². The number of aliphatic hydroxyl groups is 1. The highest BCUT2D eigenvalue weighted by Crippen LogP contribution is 2.24. The lowest BCUT2D eigenvalue weighted by molar-refractivity contribution is 0.0998. The molecule has 0 aliphatic heterocycles. The van der Waals surface area contributed by atoms with Gasteiger partial charge in [0.2, 0.25) is 0 Å². The molecule has 0 atom stereocenters. The van der Waals surface area contributed by atoms with Gasteiger partial charge >= 0.3 is 0 Å². The fourth-order valence-corrected chi connectivity index (χ4v) is 1.97. The molecule has 0 saturated heterocycles. The number of hydrogen-bond acceptors (Lipinski definition) is 2. The summed E-state index contributed by atoms with van der Waals surface area (Å²) in [6.45, 7) is 0.506. The molecule has 8 heteroatoms. The van der Waals surface area contributed by atoms with Gasteiger partial charge in [-0.2, -0.15) is 4.99 Å². The quantitative estimate of drug-likeness (QED) is 0.389. The van der Waals surface area contributed by atoms with E-state index in [1.165, 1.54) is 0 Å². The molecular weight excluding hydrogens is 315 g/mol. The van der Waals surface area contributed by atoms with Crippen LogP contribution in [-0.2, 0) is 0 Å². The van der Waals surface area contributed by atoms with Crippen molar-refractivity contribution in [3.8, 4) is 0 Å². The van der Waals surface area contributed by atoms with Crippen LogP contribution in [-0.4, -0.2) is 35.1 Å². The van der Waals surface area contributed by atoms with E-state index in [4.69, 9.17) is 22.4 Å². The zero-order valence-corrected chi connectivity index (χ0v) is 12.7. The molecule has 5 N–H and O–H groups in total. The fourth-order valence-electron chi connectivity index (χ4n) is 1.74. The lowest BCUT2D eigenvalue weighted by atomic mass is 10.2. The molecule has 0 spiro atoms. The van der Waals surface area contributed by atoms with Gasteiger partial charge in [-0.25, -0.2) is 0 Å². The van der Waals surface area contributed by atoms with Gasteiger partial charge < -0.3 is 21.1 Å². The van der Waals surface area contributed by atoms with E-state index in [1.54, 1.807) is 18.2 Å². The predicted molar refractivity (Wildman–Crippen MR) is 86.2 cm³/mol. The summed E-state index contributed by atoms with van der Waals surface area (Å²) in [6.07, 6.45) is 0.534. The van der Waals surface area contributed by atoms with Crippen LogP contribution in [0.5, 0.6) is 0 Å². The Balaban J connectivity index is 0.00000220. The first kappa shape index (κ1) is 17.3. The number of aliphatic hydroxyl groups excluding tert-OH is 1. The number of guanidine groups is 1. The number of nitrogens with zero attached hydrogens (tertiary/aromatic N) is 1. The van der Waals surface area contributed by atoms with E-state index < -0.39 is 5.91 Å². The number of halogens is 2. The average molecular weight is 331 g/mol. The maximum atomic E-state index is 11.9. The van der Waals surface area contributed by atoms with Crippen molar-refractivity contribution >= 4 is 46.8 Å². The number of aromatic amines is 1. The maximum absolute atomic E-state index is 11.9. The summed E-state index contributed by atoms with van der Waals surface area (Å²) in [5, 5.41) is 12.7. The summed E-state index contributed by atoms with van der Waals surface area (Å²) >= 11 is 6.04. The highest BCUT2D eigenvalue weighted by atomic mass is 35.5. The summed E-state index contributed by atoms with van der Waals surface area (Å²) in [6, 6.07) is 7.01. The van der Waals surface area contributed by atoms with Gasteiger partial charge in [-0.3, -0.25) is 4.79 Å². The second kappa shape index (κ2) is 7.87. The van der Waals surface area contributed by atoms with Crippen molar-refractivity contribution in [1.82, 2.24) is 10.3 Å². The molecule has 0 bridgehead atoms. The molecule has 114 valence electrons. The minimum absolute atomic E-state index is 0. The van der Waals surface area contributed by atoms with Gasteiger partial charge in [0, 0.05) is 29.1 Å². The highest BCUT2D eigenvalue weighted by molar-refractivity contribution is 6.35. The molecule has 6 nitrogen and oxygen atoms in total. The standard InChI is InChI=1S/C13H15ClN4O2.ClH/c14-9-3-1-4-10-8(9)7-11(17-10)12(20)18-13(15)16-5-2-6-19;/h1,3-4,7,17,19H,2,5-6H2,(H3,15,16,18,20);1H. The van der Waals surface area contributed by atoms with Crippen molar-refractivity contribution in [2.75, 3.05) is 13.2 Å². The van der Waals surface area contributed by atoms with Gasteiger partial charge in [0.05, 0.1) is 0 Å². The Morgan fingerprint density at radius 2 is 2.24 bits per heavy atom. The van der Waals surface area contributed by atoms with Gasteiger partial charge in [-0.1, -0.05) is 17.7 Å². The predicted octanol–water partition coefficient (Wildman–Crippen LogP) is 1.67. The Morgan fingerprint density at radius 3 is 2.90 bits per heavy atom. The van der Waals surface area contributed by atoms with E-state index in [0.29, 0.717) is 23.7 Å². The van der Waals surface area contributed by atoms with Crippen LogP contribution in [0.15, 0.2) is 29.3 Å². The van der Waals surface area contributed by atoms with Crippen LogP contribution in [0.4, 0.5) is 0 Å². The number of carbonyl (C=O) groups is 1.